The summed E-state index contributed by atoms with van der Waals surface area (Å²) in [6.07, 6.45) is -7.81. The highest BCUT2D eigenvalue weighted by atomic mass is 32.3. The van der Waals surface area contributed by atoms with E-state index in [0.29, 0.717) is 28.0 Å². The number of rotatable bonds is 2. The lowest BCUT2D eigenvalue weighted by atomic mass is 10.1. The average Bonchev–Trinajstić information content (AvgIpc) is 3.37. The summed E-state index contributed by atoms with van der Waals surface area (Å²) < 4.78 is 111. The van der Waals surface area contributed by atoms with Crippen LogP contribution in [0.25, 0.3) is 16.9 Å². The zero-order valence-electron chi connectivity index (χ0n) is 16.2. The minimum Gasteiger partial charge on any atom is -0.281 e. The van der Waals surface area contributed by atoms with Gasteiger partial charge in [0.05, 0.1) is 29.2 Å². The lowest BCUT2D eigenvalue weighted by molar-refractivity contribution is -0.142. The molecule has 0 aliphatic heterocycles. The first-order valence-electron chi connectivity index (χ1n) is 8.82. The van der Waals surface area contributed by atoms with Crippen molar-refractivity contribution in [2.45, 2.75) is 16.6 Å². The maximum absolute atomic E-state index is 13.7. The first-order chi connectivity index (χ1) is 15.7. The van der Waals surface area contributed by atoms with Gasteiger partial charge in [-0.15, -0.1) is 0 Å². The molecule has 0 radical (unpaired) electrons. The molecule has 4 rings (SSSR count). The van der Waals surface area contributed by atoms with Crippen molar-refractivity contribution < 1.29 is 39.3 Å². The number of hydrogen-bond acceptors (Lipinski definition) is 6. The summed E-state index contributed by atoms with van der Waals surface area (Å²) in [7, 11) is -4.51. The Hall–Kier alpha value is -3.48. The minimum absolute atomic E-state index is 0.0722. The molecular formula is C19H8F6N4O3S2. The summed E-state index contributed by atoms with van der Waals surface area (Å²) in [5, 5.41) is 3.56. The predicted molar refractivity (Wildman–Crippen MR) is 106 cm³/mol. The van der Waals surface area contributed by atoms with Gasteiger partial charge in [-0.3, -0.25) is 4.55 Å². The molecule has 3 heterocycles. The number of nitrogens with zero attached hydrogens (tertiary/aromatic N) is 4. The summed E-state index contributed by atoms with van der Waals surface area (Å²) in [5.74, 6) is 4.91. The van der Waals surface area contributed by atoms with E-state index in [4.69, 9.17) is 4.55 Å². The topological polar surface area (TPSA) is 97.5 Å². The van der Waals surface area contributed by atoms with E-state index in [1.165, 1.54) is 6.07 Å². The Kier molecular flexibility index (Phi) is 5.62. The van der Waals surface area contributed by atoms with Gasteiger partial charge < -0.3 is 0 Å². The van der Waals surface area contributed by atoms with Crippen molar-refractivity contribution in [1.29, 1.82) is 0 Å². The standard InChI is InChI=1S/C19H8F6N4O3S2/c20-18(21,22)12-3-1-2-10(6-12)13-7-14(19(23,24)25)29-17(28-13)11(8-27-29)4-5-15-26-9-16(33-15)34(30,31)32/h1-3,6-9H,(H,30,31,32). The predicted octanol–water partition coefficient (Wildman–Crippen LogP) is 4.54. The second-order valence-corrected chi connectivity index (χ2v) is 9.29. The van der Waals surface area contributed by atoms with Gasteiger partial charge in [-0.25, -0.2) is 14.5 Å². The molecule has 1 N–H and O–H groups in total. The van der Waals surface area contributed by atoms with Crippen LogP contribution >= 0.6 is 11.3 Å². The van der Waals surface area contributed by atoms with Crippen LogP contribution in [0.5, 0.6) is 0 Å². The van der Waals surface area contributed by atoms with E-state index < -0.39 is 43.6 Å². The van der Waals surface area contributed by atoms with E-state index in [9.17, 15) is 34.8 Å². The number of fused-ring (bicyclic) bond motifs is 1. The highest BCUT2D eigenvalue weighted by Crippen LogP contribution is 2.35. The van der Waals surface area contributed by atoms with Crippen LogP contribution in [0.4, 0.5) is 26.3 Å². The fourth-order valence-corrected chi connectivity index (χ4v) is 4.16. The van der Waals surface area contributed by atoms with E-state index in [1.807, 2.05) is 0 Å². The summed E-state index contributed by atoms with van der Waals surface area (Å²) in [6, 6.07) is 4.25. The molecule has 0 unspecified atom stereocenters. The molecule has 0 bridgehead atoms. The number of benzene rings is 1. The molecule has 0 spiro atoms. The molecular weight excluding hydrogens is 510 g/mol. The summed E-state index contributed by atoms with van der Waals surface area (Å²) in [6.45, 7) is 0. The van der Waals surface area contributed by atoms with Crippen LogP contribution in [0.1, 0.15) is 21.8 Å². The van der Waals surface area contributed by atoms with E-state index in [1.54, 1.807) is 0 Å². The van der Waals surface area contributed by atoms with Crippen LogP contribution in [0.3, 0.4) is 0 Å². The van der Waals surface area contributed by atoms with Crippen LogP contribution in [0.2, 0.25) is 0 Å². The normalized spacial score (nSPS) is 12.6. The molecule has 7 nitrogen and oxygen atoms in total. The first-order valence-corrected chi connectivity index (χ1v) is 11.1. The van der Waals surface area contributed by atoms with Crippen molar-refractivity contribution >= 4 is 27.1 Å². The van der Waals surface area contributed by atoms with Gasteiger partial charge in [0.2, 0.25) is 0 Å². The van der Waals surface area contributed by atoms with Gasteiger partial charge in [-0.2, -0.15) is 39.9 Å². The van der Waals surface area contributed by atoms with Gasteiger partial charge in [-0.05, 0) is 24.1 Å². The maximum Gasteiger partial charge on any atom is 0.433 e. The van der Waals surface area contributed by atoms with E-state index >= 15 is 0 Å². The van der Waals surface area contributed by atoms with Gasteiger partial charge in [-0.1, -0.05) is 29.4 Å². The number of alkyl halides is 6. The van der Waals surface area contributed by atoms with Gasteiger partial charge in [0.15, 0.2) is 20.6 Å². The molecule has 34 heavy (non-hydrogen) atoms. The van der Waals surface area contributed by atoms with Crippen molar-refractivity contribution in [3.63, 3.8) is 0 Å². The lowest BCUT2D eigenvalue weighted by Gasteiger charge is -2.12. The van der Waals surface area contributed by atoms with Crippen LogP contribution in [0, 0.1) is 11.8 Å². The quantitative estimate of drug-likeness (QED) is 0.238. The Morgan fingerprint density at radius 2 is 1.74 bits per heavy atom. The lowest BCUT2D eigenvalue weighted by Crippen LogP contribution is -2.14. The number of aromatic nitrogens is 4. The van der Waals surface area contributed by atoms with Crippen molar-refractivity contribution in [1.82, 2.24) is 19.6 Å². The molecule has 1 aromatic carbocycles. The molecule has 176 valence electrons. The Labute approximate surface area is 190 Å². The van der Waals surface area contributed by atoms with Gasteiger partial charge in [0.1, 0.15) is 0 Å². The Morgan fingerprint density at radius 3 is 2.35 bits per heavy atom. The number of thiazole rings is 1. The van der Waals surface area contributed by atoms with Crippen LogP contribution < -0.4 is 0 Å². The van der Waals surface area contributed by atoms with Gasteiger partial charge >= 0.3 is 22.5 Å². The van der Waals surface area contributed by atoms with Crippen LogP contribution in [-0.2, 0) is 22.5 Å². The number of hydrogen-bond donors (Lipinski definition) is 1. The molecule has 0 aliphatic rings. The summed E-state index contributed by atoms with van der Waals surface area (Å²) in [5.41, 5.74) is -3.46. The van der Waals surface area contributed by atoms with Crippen molar-refractivity contribution in [3.05, 3.63) is 64.6 Å². The fraction of sp³-hybridized carbons (Fsp3) is 0.105. The monoisotopic (exact) mass is 518 g/mol. The van der Waals surface area contributed by atoms with Crippen molar-refractivity contribution in [2.24, 2.45) is 0 Å². The van der Waals surface area contributed by atoms with Crippen molar-refractivity contribution in [3.8, 4) is 23.1 Å². The Bertz CT molecular complexity index is 1580. The molecule has 0 amide bonds. The van der Waals surface area contributed by atoms with Crippen molar-refractivity contribution in [2.75, 3.05) is 0 Å². The average molecular weight is 518 g/mol. The molecule has 4 aromatic rings. The van der Waals surface area contributed by atoms with E-state index in [2.05, 4.69) is 26.9 Å². The molecule has 0 saturated heterocycles. The molecule has 0 atom stereocenters. The molecule has 15 heteroatoms. The zero-order chi connectivity index (χ0) is 24.9. The first kappa shape index (κ1) is 23.7. The highest BCUT2D eigenvalue weighted by Gasteiger charge is 2.36. The largest absolute Gasteiger partial charge is 0.433 e. The molecule has 3 aromatic heterocycles. The fourth-order valence-electron chi connectivity index (χ4n) is 2.81. The highest BCUT2D eigenvalue weighted by molar-refractivity contribution is 7.88. The Balaban J connectivity index is 1.87. The summed E-state index contributed by atoms with van der Waals surface area (Å²) >= 11 is 0.522. The van der Waals surface area contributed by atoms with E-state index in [0.717, 1.165) is 24.5 Å². The minimum atomic E-state index is -4.92. The third-order valence-electron chi connectivity index (χ3n) is 4.29. The number of halogens is 6. The second-order valence-electron chi connectivity index (χ2n) is 6.61. The zero-order valence-corrected chi connectivity index (χ0v) is 17.8. The van der Waals surface area contributed by atoms with Gasteiger partial charge in [0.25, 0.3) is 0 Å². The van der Waals surface area contributed by atoms with E-state index in [-0.39, 0.29) is 21.8 Å². The maximum atomic E-state index is 13.7. The molecule has 0 saturated carbocycles. The third kappa shape index (κ3) is 4.74. The van der Waals surface area contributed by atoms with Crippen LogP contribution in [-0.4, -0.2) is 32.6 Å². The molecule has 0 aliphatic carbocycles. The Morgan fingerprint density at radius 1 is 1.00 bits per heavy atom. The molecule has 0 fully saturated rings. The second kappa shape index (κ2) is 8.08. The van der Waals surface area contributed by atoms with Gasteiger partial charge in [0, 0.05) is 5.56 Å². The smallest absolute Gasteiger partial charge is 0.281 e. The summed E-state index contributed by atoms with van der Waals surface area (Å²) in [4.78, 5) is 7.73. The van der Waals surface area contributed by atoms with Crippen LogP contribution in [0.15, 0.2) is 46.9 Å². The SMILES string of the molecule is O=S(=O)(O)c1cnc(C#Cc2cnn3c(C(F)(F)F)cc(-c4cccc(C(F)(F)F)c4)nc23)s1. The third-order valence-corrected chi connectivity index (χ3v) is 6.49.